The second kappa shape index (κ2) is 5.37. The summed E-state index contributed by atoms with van der Waals surface area (Å²) in [6, 6.07) is 6.22. The van der Waals surface area contributed by atoms with Crippen molar-refractivity contribution in [3.63, 3.8) is 0 Å². The Labute approximate surface area is 122 Å². The minimum atomic E-state index is -0.985. The summed E-state index contributed by atoms with van der Waals surface area (Å²) in [5, 5.41) is 8.88. The first-order valence-electron chi connectivity index (χ1n) is 7.01. The monoisotopic (exact) mass is 291 g/mol. The Balaban J connectivity index is 1.73. The molecule has 2 aliphatic rings. The fourth-order valence-electron chi connectivity index (χ4n) is 2.82. The highest BCUT2D eigenvalue weighted by Crippen LogP contribution is 2.33. The molecule has 1 N–H and O–H groups in total. The van der Waals surface area contributed by atoms with Crippen LogP contribution in [0.25, 0.3) is 0 Å². The number of ether oxygens (including phenoxy) is 2. The molecular formula is C15H17NO5. The van der Waals surface area contributed by atoms with Crippen LogP contribution in [0.15, 0.2) is 24.3 Å². The molecule has 2 saturated heterocycles. The summed E-state index contributed by atoms with van der Waals surface area (Å²) in [4.78, 5) is 24.6. The Hall–Kier alpha value is -2.08. The van der Waals surface area contributed by atoms with Gasteiger partial charge < -0.3 is 14.6 Å². The van der Waals surface area contributed by atoms with E-state index in [1.165, 1.54) is 17.0 Å². The maximum atomic E-state index is 12.2. The predicted molar refractivity (Wildman–Crippen MR) is 74.6 cm³/mol. The molecule has 6 heteroatoms. The zero-order valence-corrected chi connectivity index (χ0v) is 11.6. The zero-order chi connectivity index (χ0) is 14.9. The van der Waals surface area contributed by atoms with Crippen LogP contribution in [0.1, 0.15) is 29.6 Å². The summed E-state index contributed by atoms with van der Waals surface area (Å²) in [5.74, 6) is -0.985. The summed E-state index contributed by atoms with van der Waals surface area (Å²) in [6.07, 6.45) is 2.07. The van der Waals surface area contributed by atoms with E-state index >= 15 is 0 Å². The van der Waals surface area contributed by atoms with E-state index in [-0.39, 0.29) is 5.56 Å². The van der Waals surface area contributed by atoms with Crippen LogP contribution in [0.3, 0.4) is 0 Å². The van der Waals surface area contributed by atoms with Crippen molar-refractivity contribution in [2.24, 2.45) is 0 Å². The third-order valence-electron chi connectivity index (χ3n) is 4.03. The van der Waals surface area contributed by atoms with E-state index in [9.17, 15) is 9.59 Å². The molecule has 0 radical (unpaired) electrons. The molecule has 0 aromatic heterocycles. The molecule has 112 valence electrons. The number of hydrogen-bond acceptors (Lipinski definition) is 4. The summed E-state index contributed by atoms with van der Waals surface area (Å²) in [7, 11) is 0. The minimum Gasteiger partial charge on any atom is -0.478 e. The SMILES string of the molecule is O=C(O)c1ccc(N2CCC3(CCCOC3)OC2=O)cc1. The minimum absolute atomic E-state index is 0.196. The Morgan fingerprint density at radius 3 is 2.57 bits per heavy atom. The number of aromatic carboxylic acids is 1. The van der Waals surface area contributed by atoms with Crippen LogP contribution in [0.5, 0.6) is 0 Å². The van der Waals surface area contributed by atoms with Crippen molar-refractivity contribution in [2.75, 3.05) is 24.7 Å². The van der Waals surface area contributed by atoms with Crippen molar-refractivity contribution in [2.45, 2.75) is 24.9 Å². The van der Waals surface area contributed by atoms with E-state index in [0.717, 1.165) is 25.9 Å². The molecule has 0 saturated carbocycles. The number of anilines is 1. The van der Waals surface area contributed by atoms with Crippen molar-refractivity contribution < 1.29 is 24.2 Å². The highest BCUT2D eigenvalue weighted by Gasteiger charge is 2.42. The van der Waals surface area contributed by atoms with E-state index in [0.29, 0.717) is 18.8 Å². The molecule has 1 unspecified atom stereocenters. The van der Waals surface area contributed by atoms with E-state index in [1.54, 1.807) is 12.1 Å². The van der Waals surface area contributed by atoms with Crippen molar-refractivity contribution in [1.29, 1.82) is 0 Å². The van der Waals surface area contributed by atoms with Gasteiger partial charge >= 0.3 is 12.1 Å². The Bertz CT molecular complexity index is 548. The van der Waals surface area contributed by atoms with Crippen LogP contribution in [0, 0.1) is 0 Å². The number of carboxylic acids is 1. The van der Waals surface area contributed by atoms with E-state index in [4.69, 9.17) is 14.6 Å². The summed E-state index contributed by atoms with van der Waals surface area (Å²) in [5.41, 5.74) is 0.366. The lowest BCUT2D eigenvalue weighted by molar-refractivity contribution is -0.100. The molecule has 2 heterocycles. The first kappa shape index (κ1) is 13.9. The second-order valence-electron chi connectivity index (χ2n) is 5.46. The number of benzene rings is 1. The van der Waals surface area contributed by atoms with Gasteiger partial charge in [-0.1, -0.05) is 0 Å². The molecule has 21 heavy (non-hydrogen) atoms. The number of rotatable bonds is 2. The third kappa shape index (κ3) is 2.71. The van der Waals surface area contributed by atoms with Gasteiger partial charge in [0.25, 0.3) is 0 Å². The van der Waals surface area contributed by atoms with E-state index in [1.807, 2.05) is 0 Å². The molecule has 1 aromatic carbocycles. The number of carbonyl (C=O) groups is 2. The largest absolute Gasteiger partial charge is 0.478 e. The summed E-state index contributed by atoms with van der Waals surface area (Å²) < 4.78 is 11.0. The van der Waals surface area contributed by atoms with Gasteiger partial charge in [0, 0.05) is 25.3 Å². The van der Waals surface area contributed by atoms with Crippen molar-refractivity contribution >= 4 is 17.7 Å². The molecule has 1 amide bonds. The van der Waals surface area contributed by atoms with Crippen LogP contribution < -0.4 is 4.90 Å². The van der Waals surface area contributed by atoms with Gasteiger partial charge in [-0.15, -0.1) is 0 Å². The fraction of sp³-hybridized carbons (Fsp3) is 0.467. The number of carbonyl (C=O) groups excluding carboxylic acids is 1. The lowest BCUT2D eigenvalue weighted by Gasteiger charge is -2.42. The number of amides is 1. The first-order chi connectivity index (χ1) is 10.1. The number of carboxylic acid groups (broad SMARTS) is 1. The van der Waals surface area contributed by atoms with Crippen molar-refractivity contribution in [1.82, 2.24) is 0 Å². The molecule has 2 aliphatic heterocycles. The molecular weight excluding hydrogens is 274 g/mol. The average molecular weight is 291 g/mol. The molecule has 1 aromatic rings. The molecule has 6 nitrogen and oxygen atoms in total. The molecule has 0 bridgehead atoms. The lowest BCUT2D eigenvalue weighted by atomic mass is 9.91. The van der Waals surface area contributed by atoms with Crippen LogP contribution >= 0.6 is 0 Å². The maximum Gasteiger partial charge on any atom is 0.414 e. The Morgan fingerprint density at radius 1 is 1.24 bits per heavy atom. The average Bonchev–Trinajstić information content (AvgIpc) is 2.48. The summed E-state index contributed by atoms with van der Waals surface area (Å²) in [6.45, 7) is 1.73. The standard InChI is InChI=1S/C15H17NO5/c17-13(18)11-2-4-12(5-3-11)16-8-7-15(21-14(16)19)6-1-9-20-10-15/h2-5H,1,6-10H2,(H,17,18). The van der Waals surface area contributed by atoms with Gasteiger partial charge in [0.2, 0.25) is 0 Å². The van der Waals surface area contributed by atoms with Crippen LogP contribution in [-0.2, 0) is 9.47 Å². The predicted octanol–water partition coefficient (Wildman–Crippen LogP) is 2.28. The van der Waals surface area contributed by atoms with Crippen LogP contribution in [-0.4, -0.2) is 42.5 Å². The Morgan fingerprint density at radius 2 is 2.00 bits per heavy atom. The van der Waals surface area contributed by atoms with E-state index in [2.05, 4.69) is 0 Å². The molecule has 1 atom stereocenters. The third-order valence-corrected chi connectivity index (χ3v) is 4.03. The quantitative estimate of drug-likeness (QED) is 0.904. The smallest absolute Gasteiger partial charge is 0.414 e. The zero-order valence-electron chi connectivity index (χ0n) is 11.6. The Kier molecular flexibility index (Phi) is 3.55. The highest BCUT2D eigenvalue weighted by molar-refractivity contribution is 5.91. The molecule has 0 aliphatic carbocycles. The van der Waals surface area contributed by atoms with Crippen molar-refractivity contribution in [3.8, 4) is 0 Å². The topological polar surface area (TPSA) is 76.1 Å². The van der Waals surface area contributed by atoms with Gasteiger partial charge in [0.15, 0.2) is 0 Å². The second-order valence-corrected chi connectivity index (χ2v) is 5.46. The van der Waals surface area contributed by atoms with E-state index < -0.39 is 17.7 Å². The van der Waals surface area contributed by atoms with Crippen LogP contribution in [0.4, 0.5) is 10.5 Å². The normalized spacial score (nSPS) is 25.7. The van der Waals surface area contributed by atoms with Gasteiger partial charge in [-0.05, 0) is 37.1 Å². The molecule has 3 rings (SSSR count). The molecule has 1 spiro atoms. The van der Waals surface area contributed by atoms with Crippen LogP contribution in [0.2, 0.25) is 0 Å². The van der Waals surface area contributed by atoms with Gasteiger partial charge in [-0.3, -0.25) is 4.90 Å². The molecule has 2 fully saturated rings. The van der Waals surface area contributed by atoms with Crippen molar-refractivity contribution in [3.05, 3.63) is 29.8 Å². The summed E-state index contributed by atoms with van der Waals surface area (Å²) >= 11 is 0. The number of hydrogen-bond donors (Lipinski definition) is 1. The van der Waals surface area contributed by atoms with Gasteiger partial charge in [0.05, 0.1) is 12.2 Å². The van der Waals surface area contributed by atoms with Gasteiger partial charge in [-0.2, -0.15) is 0 Å². The lowest BCUT2D eigenvalue weighted by Crippen LogP contribution is -2.53. The van der Waals surface area contributed by atoms with Gasteiger partial charge in [-0.25, -0.2) is 9.59 Å². The van der Waals surface area contributed by atoms with Gasteiger partial charge in [0.1, 0.15) is 5.60 Å². The fourth-order valence-corrected chi connectivity index (χ4v) is 2.82. The maximum absolute atomic E-state index is 12.2. The number of nitrogens with zero attached hydrogens (tertiary/aromatic N) is 1. The first-order valence-corrected chi connectivity index (χ1v) is 7.01. The highest BCUT2D eigenvalue weighted by atomic mass is 16.6.